The maximum absolute atomic E-state index is 4.41. The predicted molar refractivity (Wildman–Crippen MR) is 86.3 cm³/mol. The Kier molecular flexibility index (Phi) is 5.41. The molecule has 0 fully saturated rings. The summed E-state index contributed by atoms with van der Waals surface area (Å²) in [5.41, 5.74) is 2.38. The first-order valence-corrected chi connectivity index (χ1v) is 7.95. The van der Waals surface area contributed by atoms with Gasteiger partial charge in [-0.25, -0.2) is 4.98 Å². The molecule has 1 N–H and O–H groups in total. The van der Waals surface area contributed by atoms with E-state index in [-0.39, 0.29) is 0 Å². The molecule has 0 saturated heterocycles. The van der Waals surface area contributed by atoms with Gasteiger partial charge in [0.15, 0.2) is 0 Å². The molecule has 0 amide bonds. The molecule has 0 saturated carbocycles. The number of nitrogens with one attached hydrogen (secondary N) is 1. The summed E-state index contributed by atoms with van der Waals surface area (Å²) in [6.45, 7) is 7.34. The Bertz CT molecular complexity index is 520. The van der Waals surface area contributed by atoms with Crippen LogP contribution in [-0.2, 0) is 5.75 Å². The van der Waals surface area contributed by atoms with Gasteiger partial charge >= 0.3 is 0 Å². The van der Waals surface area contributed by atoms with Crippen LogP contribution in [0.4, 0.5) is 5.82 Å². The van der Waals surface area contributed by atoms with Crippen molar-refractivity contribution >= 4 is 17.6 Å². The predicted octanol–water partition coefficient (Wildman–Crippen LogP) is 4.32. The number of aromatic nitrogens is 2. The Balaban J connectivity index is 1.91. The summed E-state index contributed by atoms with van der Waals surface area (Å²) in [6, 6.07) is 8.76. The van der Waals surface area contributed by atoms with E-state index in [1.54, 1.807) is 18.0 Å². The number of hydrogen-bond acceptors (Lipinski definition) is 4. The molecule has 3 nitrogen and oxygen atoms in total. The number of nitrogens with zero attached hydrogens (tertiary/aromatic N) is 2. The number of hydrogen-bond donors (Lipinski definition) is 1. The van der Waals surface area contributed by atoms with Gasteiger partial charge in [0.1, 0.15) is 5.82 Å². The molecule has 2 aromatic rings. The van der Waals surface area contributed by atoms with Gasteiger partial charge in [0, 0.05) is 17.2 Å². The normalized spacial score (nSPS) is 10.8. The molecule has 0 aliphatic carbocycles. The van der Waals surface area contributed by atoms with E-state index in [0.29, 0.717) is 5.92 Å². The second kappa shape index (κ2) is 7.29. The number of anilines is 1. The van der Waals surface area contributed by atoms with Crippen LogP contribution < -0.4 is 5.32 Å². The van der Waals surface area contributed by atoms with Crippen LogP contribution in [0.5, 0.6) is 0 Å². The van der Waals surface area contributed by atoms with Crippen molar-refractivity contribution in [3.05, 3.63) is 47.9 Å². The lowest BCUT2D eigenvalue weighted by Crippen LogP contribution is -2.00. The molecule has 0 radical (unpaired) electrons. The largest absolute Gasteiger partial charge is 0.369 e. The van der Waals surface area contributed by atoms with Crippen molar-refractivity contribution in [3.8, 4) is 0 Å². The highest BCUT2D eigenvalue weighted by Gasteiger charge is 2.01. The summed E-state index contributed by atoms with van der Waals surface area (Å²) < 4.78 is 0. The lowest BCUT2D eigenvalue weighted by molar-refractivity contribution is 0.865. The molecule has 1 aromatic heterocycles. The number of rotatable bonds is 6. The van der Waals surface area contributed by atoms with E-state index in [4.69, 9.17) is 0 Å². The minimum absolute atomic E-state index is 0.582. The summed E-state index contributed by atoms with van der Waals surface area (Å²) in [4.78, 5) is 10.0. The molecule has 0 atom stereocenters. The van der Waals surface area contributed by atoms with Gasteiger partial charge in [0.25, 0.3) is 0 Å². The zero-order valence-corrected chi connectivity index (χ0v) is 13.1. The fraction of sp³-hybridized carbons (Fsp3) is 0.375. The Morgan fingerprint density at radius 1 is 1.10 bits per heavy atom. The summed E-state index contributed by atoms with van der Waals surface area (Å²) in [7, 11) is 0. The van der Waals surface area contributed by atoms with Crippen molar-refractivity contribution in [1.82, 2.24) is 9.97 Å². The van der Waals surface area contributed by atoms with Crippen LogP contribution in [-0.4, -0.2) is 16.5 Å². The maximum Gasteiger partial charge on any atom is 0.144 e. The van der Waals surface area contributed by atoms with E-state index in [9.17, 15) is 0 Å². The molecule has 20 heavy (non-hydrogen) atoms. The third kappa shape index (κ3) is 4.23. The molecule has 0 unspecified atom stereocenters. The van der Waals surface area contributed by atoms with E-state index in [1.165, 1.54) is 10.5 Å². The fourth-order valence-corrected chi connectivity index (χ4v) is 2.60. The summed E-state index contributed by atoms with van der Waals surface area (Å²) in [6.07, 6.45) is 3.63. The van der Waals surface area contributed by atoms with Crippen molar-refractivity contribution in [3.63, 3.8) is 0 Å². The van der Waals surface area contributed by atoms with Gasteiger partial charge in [-0.3, -0.25) is 4.98 Å². The van der Waals surface area contributed by atoms with E-state index >= 15 is 0 Å². The second-order valence-electron chi connectivity index (χ2n) is 4.94. The van der Waals surface area contributed by atoms with Crippen molar-refractivity contribution < 1.29 is 0 Å². The summed E-state index contributed by atoms with van der Waals surface area (Å²) in [5, 5.41) is 3.14. The van der Waals surface area contributed by atoms with Gasteiger partial charge < -0.3 is 5.32 Å². The van der Waals surface area contributed by atoms with Crippen LogP contribution in [0.1, 0.15) is 37.9 Å². The Labute approximate surface area is 125 Å². The average molecular weight is 287 g/mol. The standard InChI is InChI=1S/C16H21N3S/c1-4-17-16-10-18-14(9-19-16)11-20-15-7-5-13(6-8-15)12(2)3/h5-10,12H,4,11H2,1-3H3,(H,17,19). The van der Waals surface area contributed by atoms with E-state index < -0.39 is 0 Å². The van der Waals surface area contributed by atoms with Crippen molar-refractivity contribution in [2.45, 2.75) is 37.3 Å². The SMILES string of the molecule is CCNc1cnc(CSc2ccc(C(C)C)cc2)cn1. The van der Waals surface area contributed by atoms with Gasteiger partial charge in [-0.05, 0) is 30.5 Å². The lowest BCUT2D eigenvalue weighted by atomic mass is 10.0. The van der Waals surface area contributed by atoms with E-state index in [1.807, 2.05) is 13.1 Å². The monoisotopic (exact) mass is 287 g/mol. The zero-order chi connectivity index (χ0) is 14.4. The summed E-state index contributed by atoms with van der Waals surface area (Å²) in [5.74, 6) is 2.27. The highest BCUT2D eigenvalue weighted by Crippen LogP contribution is 2.24. The van der Waals surface area contributed by atoms with Crippen molar-refractivity contribution in [2.24, 2.45) is 0 Å². The molecule has 2 rings (SSSR count). The minimum atomic E-state index is 0.582. The van der Waals surface area contributed by atoms with Gasteiger partial charge in [0.05, 0.1) is 18.1 Å². The van der Waals surface area contributed by atoms with Crippen LogP contribution in [0.25, 0.3) is 0 Å². The van der Waals surface area contributed by atoms with Crippen LogP contribution in [0.3, 0.4) is 0 Å². The lowest BCUT2D eigenvalue weighted by Gasteiger charge is -2.07. The highest BCUT2D eigenvalue weighted by molar-refractivity contribution is 7.98. The molecule has 106 valence electrons. The van der Waals surface area contributed by atoms with E-state index in [2.05, 4.69) is 53.4 Å². The molecular weight excluding hydrogens is 266 g/mol. The molecule has 0 bridgehead atoms. The van der Waals surface area contributed by atoms with Gasteiger partial charge in [-0.1, -0.05) is 26.0 Å². The molecule has 0 aliphatic rings. The third-order valence-corrected chi connectivity index (χ3v) is 4.04. The molecule has 1 heterocycles. The highest BCUT2D eigenvalue weighted by atomic mass is 32.2. The number of benzene rings is 1. The topological polar surface area (TPSA) is 37.8 Å². The molecule has 0 spiro atoms. The van der Waals surface area contributed by atoms with Gasteiger partial charge in [-0.15, -0.1) is 11.8 Å². The Hall–Kier alpha value is -1.55. The van der Waals surface area contributed by atoms with Crippen molar-refractivity contribution in [2.75, 3.05) is 11.9 Å². The molecule has 1 aromatic carbocycles. The molecule has 0 aliphatic heterocycles. The first kappa shape index (κ1) is 14.9. The first-order valence-electron chi connectivity index (χ1n) is 6.96. The van der Waals surface area contributed by atoms with Gasteiger partial charge in [-0.2, -0.15) is 0 Å². The van der Waals surface area contributed by atoms with E-state index in [0.717, 1.165) is 23.8 Å². The Morgan fingerprint density at radius 2 is 1.85 bits per heavy atom. The van der Waals surface area contributed by atoms with Crippen LogP contribution in [0.15, 0.2) is 41.6 Å². The molecule has 4 heteroatoms. The van der Waals surface area contributed by atoms with Gasteiger partial charge in [0.2, 0.25) is 0 Å². The van der Waals surface area contributed by atoms with Crippen LogP contribution in [0.2, 0.25) is 0 Å². The minimum Gasteiger partial charge on any atom is -0.369 e. The smallest absolute Gasteiger partial charge is 0.144 e. The summed E-state index contributed by atoms with van der Waals surface area (Å²) >= 11 is 1.79. The Morgan fingerprint density at radius 3 is 2.40 bits per heavy atom. The maximum atomic E-state index is 4.41. The molecular formula is C16H21N3S. The third-order valence-electron chi connectivity index (χ3n) is 3.00. The zero-order valence-electron chi connectivity index (χ0n) is 12.3. The average Bonchev–Trinajstić information content (AvgIpc) is 2.47. The van der Waals surface area contributed by atoms with Crippen LogP contribution >= 0.6 is 11.8 Å². The van der Waals surface area contributed by atoms with Crippen molar-refractivity contribution in [1.29, 1.82) is 0 Å². The quantitative estimate of drug-likeness (QED) is 0.803. The first-order chi connectivity index (χ1) is 9.69. The fourth-order valence-electron chi connectivity index (χ4n) is 1.81. The number of thioether (sulfide) groups is 1. The second-order valence-corrected chi connectivity index (χ2v) is 5.98. The van der Waals surface area contributed by atoms with Crippen LogP contribution in [0, 0.1) is 0 Å².